The molecular formula is C23H23N3O3. The molecule has 2 amide bonds. The highest BCUT2D eigenvalue weighted by atomic mass is 16.5. The fourth-order valence-corrected chi connectivity index (χ4v) is 2.97. The predicted octanol–water partition coefficient (Wildman–Crippen LogP) is 3.34. The van der Waals surface area contributed by atoms with Crippen molar-refractivity contribution in [1.82, 2.24) is 10.3 Å². The maximum Gasteiger partial charge on any atom is 0.259 e. The molecule has 0 saturated heterocycles. The van der Waals surface area contributed by atoms with E-state index in [1.165, 1.54) is 17.3 Å². The van der Waals surface area contributed by atoms with Crippen molar-refractivity contribution < 1.29 is 14.3 Å². The van der Waals surface area contributed by atoms with Crippen molar-refractivity contribution in [2.45, 2.75) is 6.42 Å². The Bertz CT molecular complexity index is 989. The molecule has 0 radical (unpaired) electrons. The number of anilines is 1. The molecule has 0 unspecified atom stereocenters. The molecule has 0 fully saturated rings. The zero-order chi connectivity index (χ0) is 20.6. The van der Waals surface area contributed by atoms with Crippen molar-refractivity contribution in [3.05, 3.63) is 89.7 Å². The molecule has 0 bridgehead atoms. The Balaban J connectivity index is 1.64. The molecule has 0 spiro atoms. The van der Waals surface area contributed by atoms with Crippen molar-refractivity contribution >= 4 is 17.5 Å². The van der Waals surface area contributed by atoms with Crippen LogP contribution in [0.5, 0.6) is 5.75 Å². The third-order valence-corrected chi connectivity index (χ3v) is 4.57. The Kier molecular flexibility index (Phi) is 6.58. The first kappa shape index (κ1) is 20.1. The molecule has 3 rings (SSSR count). The fourth-order valence-electron chi connectivity index (χ4n) is 2.97. The predicted molar refractivity (Wildman–Crippen MR) is 112 cm³/mol. The summed E-state index contributed by atoms with van der Waals surface area (Å²) in [5.41, 5.74) is 2.48. The lowest BCUT2D eigenvalue weighted by atomic mass is 10.1. The molecule has 0 aliphatic heterocycles. The van der Waals surface area contributed by atoms with Crippen LogP contribution in [0.3, 0.4) is 0 Å². The third kappa shape index (κ3) is 4.99. The normalized spacial score (nSPS) is 10.3. The second-order valence-corrected chi connectivity index (χ2v) is 6.48. The van der Waals surface area contributed by atoms with Crippen LogP contribution in [-0.2, 0) is 6.42 Å². The number of carbonyl (C=O) groups excluding carboxylic acids is 2. The first-order valence-corrected chi connectivity index (χ1v) is 9.28. The summed E-state index contributed by atoms with van der Waals surface area (Å²) in [6.07, 6.45) is 3.56. The van der Waals surface area contributed by atoms with Gasteiger partial charge in [0.05, 0.1) is 18.2 Å². The SMILES string of the molecule is COc1ccccc1CCNC(=O)c1cncc(C(=O)N(C)c2ccccc2)c1. The molecule has 3 aromatic rings. The second-order valence-electron chi connectivity index (χ2n) is 6.48. The number of nitrogens with one attached hydrogen (secondary N) is 1. The van der Waals surface area contributed by atoms with Gasteiger partial charge in [0.2, 0.25) is 0 Å². The average molecular weight is 389 g/mol. The van der Waals surface area contributed by atoms with Gasteiger partial charge in [-0.05, 0) is 36.2 Å². The summed E-state index contributed by atoms with van der Waals surface area (Å²) >= 11 is 0. The van der Waals surface area contributed by atoms with E-state index >= 15 is 0 Å². The maximum atomic E-state index is 12.7. The molecule has 0 aliphatic rings. The van der Waals surface area contributed by atoms with E-state index in [0.717, 1.165) is 17.0 Å². The van der Waals surface area contributed by atoms with E-state index in [9.17, 15) is 9.59 Å². The van der Waals surface area contributed by atoms with E-state index in [0.29, 0.717) is 24.1 Å². The summed E-state index contributed by atoms with van der Waals surface area (Å²) in [7, 11) is 3.32. The van der Waals surface area contributed by atoms with Crippen molar-refractivity contribution in [2.24, 2.45) is 0 Å². The van der Waals surface area contributed by atoms with Crippen molar-refractivity contribution in [3.8, 4) is 5.75 Å². The number of aromatic nitrogens is 1. The Morgan fingerprint density at radius 3 is 2.45 bits per heavy atom. The van der Waals surface area contributed by atoms with Crippen molar-refractivity contribution in [2.75, 3.05) is 25.6 Å². The summed E-state index contributed by atoms with van der Waals surface area (Å²) in [6, 6.07) is 18.6. The largest absolute Gasteiger partial charge is 0.496 e. The van der Waals surface area contributed by atoms with E-state index in [-0.39, 0.29) is 11.8 Å². The van der Waals surface area contributed by atoms with Gasteiger partial charge in [-0.2, -0.15) is 0 Å². The van der Waals surface area contributed by atoms with Crippen LogP contribution in [0.25, 0.3) is 0 Å². The topological polar surface area (TPSA) is 71.5 Å². The molecule has 2 aromatic carbocycles. The molecule has 1 N–H and O–H groups in total. The minimum Gasteiger partial charge on any atom is -0.496 e. The van der Waals surface area contributed by atoms with Gasteiger partial charge in [0.1, 0.15) is 5.75 Å². The molecule has 148 valence electrons. The number of carbonyl (C=O) groups is 2. The van der Waals surface area contributed by atoms with Gasteiger partial charge < -0.3 is 15.0 Å². The zero-order valence-corrected chi connectivity index (χ0v) is 16.5. The highest BCUT2D eigenvalue weighted by Crippen LogP contribution is 2.17. The smallest absolute Gasteiger partial charge is 0.259 e. The molecule has 1 heterocycles. The van der Waals surface area contributed by atoms with E-state index in [2.05, 4.69) is 10.3 Å². The van der Waals surface area contributed by atoms with Crippen LogP contribution in [0.4, 0.5) is 5.69 Å². The van der Waals surface area contributed by atoms with Crippen molar-refractivity contribution in [3.63, 3.8) is 0 Å². The number of ether oxygens (including phenoxy) is 1. The van der Waals surface area contributed by atoms with Crippen LogP contribution in [-0.4, -0.2) is 37.5 Å². The second kappa shape index (κ2) is 9.50. The first-order valence-electron chi connectivity index (χ1n) is 9.28. The molecule has 0 atom stereocenters. The van der Waals surface area contributed by atoms with Crippen LogP contribution in [0.15, 0.2) is 73.1 Å². The number of pyridine rings is 1. The van der Waals surface area contributed by atoms with Gasteiger partial charge in [-0.3, -0.25) is 14.6 Å². The molecule has 0 aliphatic carbocycles. The Morgan fingerprint density at radius 1 is 1.00 bits per heavy atom. The highest BCUT2D eigenvalue weighted by molar-refractivity contribution is 6.07. The summed E-state index contributed by atoms with van der Waals surface area (Å²) in [6.45, 7) is 0.446. The molecule has 6 heteroatoms. The molecule has 1 aromatic heterocycles. The average Bonchev–Trinajstić information content (AvgIpc) is 2.79. The van der Waals surface area contributed by atoms with Gasteiger partial charge in [0.25, 0.3) is 11.8 Å². The quantitative estimate of drug-likeness (QED) is 0.673. The number of methoxy groups -OCH3 is 1. The van der Waals surface area contributed by atoms with Crippen LogP contribution in [0.2, 0.25) is 0 Å². The number of rotatable bonds is 7. The van der Waals surface area contributed by atoms with Crippen LogP contribution >= 0.6 is 0 Å². The number of para-hydroxylation sites is 2. The molecule has 6 nitrogen and oxygen atoms in total. The van der Waals surface area contributed by atoms with E-state index in [1.54, 1.807) is 20.2 Å². The Labute approximate surface area is 170 Å². The number of nitrogens with zero attached hydrogens (tertiary/aromatic N) is 2. The first-order chi connectivity index (χ1) is 14.1. The van der Waals surface area contributed by atoms with Gasteiger partial charge in [-0.1, -0.05) is 36.4 Å². The monoisotopic (exact) mass is 389 g/mol. The summed E-state index contributed by atoms with van der Waals surface area (Å²) in [5.74, 6) is 0.289. The summed E-state index contributed by atoms with van der Waals surface area (Å²) in [5, 5.41) is 2.87. The zero-order valence-electron chi connectivity index (χ0n) is 16.5. The number of amides is 2. The highest BCUT2D eigenvalue weighted by Gasteiger charge is 2.16. The number of hydrogen-bond donors (Lipinski definition) is 1. The minimum absolute atomic E-state index is 0.229. The standard InChI is InChI=1S/C23H23N3O3/c1-26(20-9-4-3-5-10-20)23(28)19-14-18(15-24-16-19)22(27)25-13-12-17-8-6-7-11-21(17)29-2/h3-11,14-16H,12-13H2,1-2H3,(H,25,27). The summed E-state index contributed by atoms with van der Waals surface area (Å²) in [4.78, 5) is 30.8. The van der Waals surface area contributed by atoms with Gasteiger partial charge in [0, 0.05) is 31.7 Å². The van der Waals surface area contributed by atoms with Gasteiger partial charge in [-0.15, -0.1) is 0 Å². The van der Waals surface area contributed by atoms with Gasteiger partial charge in [-0.25, -0.2) is 0 Å². The number of benzene rings is 2. The summed E-state index contributed by atoms with van der Waals surface area (Å²) < 4.78 is 5.32. The van der Waals surface area contributed by atoms with Crippen LogP contribution in [0.1, 0.15) is 26.3 Å². The van der Waals surface area contributed by atoms with Crippen molar-refractivity contribution in [1.29, 1.82) is 0 Å². The Morgan fingerprint density at radius 2 is 1.69 bits per heavy atom. The fraction of sp³-hybridized carbons (Fsp3) is 0.174. The lowest BCUT2D eigenvalue weighted by molar-refractivity contribution is 0.0953. The van der Waals surface area contributed by atoms with Gasteiger partial charge >= 0.3 is 0 Å². The van der Waals surface area contributed by atoms with Gasteiger partial charge in [0.15, 0.2) is 0 Å². The molecule has 0 saturated carbocycles. The van der Waals surface area contributed by atoms with E-state index < -0.39 is 0 Å². The number of hydrogen-bond acceptors (Lipinski definition) is 4. The van der Waals surface area contributed by atoms with Crippen LogP contribution in [0, 0.1) is 0 Å². The third-order valence-electron chi connectivity index (χ3n) is 4.57. The Hall–Kier alpha value is -3.67. The molecule has 29 heavy (non-hydrogen) atoms. The van der Waals surface area contributed by atoms with E-state index in [4.69, 9.17) is 4.74 Å². The molecular weight excluding hydrogens is 366 g/mol. The van der Waals surface area contributed by atoms with Crippen LogP contribution < -0.4 is 15.0 Å². The minimum atomic E-state index is -0.274. The van der Waals surface area contributed by atoms with E-state index in [1.807, 2.05) is 54.6 Å². The lowest BCUT2D eigenvalue weighted by Crippen LogP contribution is -2.28. The maximum absolute atomic E-state index is 12.7. The lowest BCUT2D eigenvalue weighted by Gasteiger charge is -2.17.